The fraction of sp³-hybridized carbons (Fsp3) is 0.583. The van der Waals surface area contributed by atoms with Gasteiger partial charge >= 0.3 is 5.97 Å². The third-order valence-electron chi connectivity index (χ3n) is 3.63. The molecule has 8 heteroatoms. The molecule has 0 aromatic carbocycles. The zero-order chi connectivity index (χ0) is 14.3. The van der Waals surface area contributed by atoms with Gasteiger partial charge in [-0.1, -0.05) is 5.21 Å². The van der Waals surface area contributed by atoms with Gasteiger partial charge in [0.2, 0.25) is 11.8 Å². The lowest BCUT2D eigenvalue weighted by atomic mass is 10.2. The second kappa shape index (κ2) is 4.69. The number of carbonyl (C=O) groups is 3. The molecule has 1 N–H and O–H groups in total. The van der Waals surface area contributed by atoms with Gasteiger partial charge in [-0.3, -0.25) is 14.5 Å². The highest BCUT2D eigenvalue weighted by Crippen LogP contribution is 2.41. The van der Waals surface area contributed by atoms with Gasteiger partial charge in [0.25, 0.3) is 0 Å². The molecule has 0 atom stereocenters. The smallest absolute Gasteiger partial charge is 0.358 e. The van der Waals surface area contributed by atoms with Gasteiger partial charge in [0.15, 0.2) is 5.69 Å². The van der Waals surface area contributed by atoms with Gasteiger partial charge in [-0.25, -0.2) is 9.48 Å². The second-order valence-electron chi connectivity index (χ2n) is 5.06. The number of hydrogen-bond donors (Lipinski definition) is 1. The molecule has 3 rings (SSSR count). The fourth-order valence-corrected chi connectivity index (χ4v) is 2.47. The number of carboxylic acids is 1. The van der Waals surface area contributed by atoms with Crippen LogP contribution in [0.15, 0.2) is 0 Å². The molecule has 106 valence electrons. The Kier molecular flexibility index (Phi) is 3.00. The van der Waals surface area contributed by atoms with E-state index in [0.717, 1.165) is 12.8 Å². The van der Waals surface area contributed by atoms with Crippen molar-refractivity contribution in [1.29, 1.82) is 0 Å². The molecular formula is C12H14N4O4. The molecule has 1 aliphatic carbocycles. The van der Waals surface area contributed by atoms with Gasteiger partial charge in [0.05, 0.1) is 12.2 Å². The van der Waals surface area contributed by atoms with Crippen LogP contribution in [-0.2, 0) is 16.1 Å². The van der Waals surface area contributed by atoms with Crippen LogP contribution in [-0.4, -0.2) is 49.3 Å². The zero-order valence-electron chi connectivity index (χ0n) is 10.8. The van der Waals surface area contributed by atoms with E-state index >= 15 is 0 Å². The van der Waals surface area contributed by atoms with Crippen LogP contribution in [0.2, 0.25) is 0 Å². The Morgan fingerprint density at radius 3 is 2.40 bits per heavy atom. The number of hydrogen-bond acceptors (Lipinski definition) is 5. The number of nitrogens with zero attached hydrogens (tertiary/aromatic N) is 4. The van der Waals surface area contributed by atoms with E-state index in [2.05, 4.69) is 10.3 Å². The van der Waals surface area contributed by atoms with Crippen LogP contribution in [0, 0.1) is 0 Å². The minimum absolute atomic E-state index is 0.0217. The molecule has 1 saturated carbocycles. The molecule has 0 radical (unpaired) electrons. The first-order chi connectivity index (χ1) is 9.58. The van der Waals surface area contributed by atoms with Crippen LogP contribution in [0.3, 0.4) is 0 Å². The molecule has 20 heavy (non-hydrogen) atoms. The summed E-state index contributed by atoms with van der Waals surface area (Å²) in [7, 11) is 0. The number of likely N-dealkylation sites (tertiary alicyclic amines) is 1. The minimum Gasteiger partial charge on any atom is -0.476 e. The van der Waals surface area contributed by atoms with Gasteiger partial charge in [0, 0.05) is 25.3 Å². The van der Waals surface area contributed by atoms with E-state index in [4.69, 9.17) is 5.11 Å². The van der Waals surface area contributed by atoms with E-state index < -0.39 is 5.97 Å². The molecule has 1 saturated heterocycles. The standard InChI is InChI=1S/C12H14N4O4/c17-8-3-4-9(18)15(8)5-6-16-11(7-1-2-7)10(12(19)20)13-14-16/h7H,1-6H2,(H,19,20). The molecule has 8 nitrogen and oxygen atoms in total. The number of imide groups is 1. The summed E-state index contributed by atoms with van der Waals surface area (Å²) in [5.41, 5.74) is 0.586. The summed E-state index contributed by atoms with van der Waals surface area (Å²) in [5.74, 6) is -1.27. The number of aromatic carboxylic acids is 1. The van der Waals surface area contributed by atoms with Crippen molar-refractivity contribution in [2.45, 2.75) is 38.1 Å². The van der Waals surface area contributed by atoms with Crippen molar-refractivity contribution in [2.24, 2.45) is 0 Å². The third kappa shape index (κ3) is 2.17. The molecule has 2 fully saturated rings. The van der Waals surface area contributed by atoms with Gasteiger partial charge in [-0.15, -0.1) is 5.10 Å². The summed E-state index contributed by atoms with van der Waals surface area (Å²) < 4.78 is 1.51. The van der Waals surface area contributed by atoms with Crippen molar-refractivity contribution in [3.63, 3.8) is 0 Å². The monoisotopic (exact) mass is 278 g/mol. The van der Waals surface area contributed by atoms with Crippen molar-refractivity contribution >= 4 is 17.8 Å². The maximum absolute atomic E-state index is 11.5. The summed E-state index contributed by atoms with van der Waals surface area (Å²) >= 11 is 0. The van der Waals surface area contributed by atoms with E-state index in [1.54, 1.807) is 0 Å². The lowest BCUT2D eigenvalue weighted by Crippen LogP contribution is -2.32. The number of carbonyl (C=O) groups excluding carboxylic acids is 2. The van der Waals surface area contributed by atoms with Crippen LogP contribution in [0.5, 0.6) is 0 Å². The largest absolute Gasteiger partial charge is 0.476 e. The van der Waals surface area contributed by atoms with Crippen LogP contribution >= 0.6 is 0 Å². The molecule has 0 spiro atoms. The fourth-order valence-electron chi connectivity index (χ4n) is 2.47. The van der Waals surface area contributed by atoms with Crippen molar-refractivity contribution in [2.75, 3.05) is 6.54 Å². The quantitative estimate of drug-likeness (QED) is 0.760. The molecule has 1 aromatic heterocycles. The highest BCUT2D eigenvalue weighted by atomic mass is 16.4. The predicted molar refractivity (Wildman–Crippen MR) is 64.9 cm³/mol. The van der Waals surface area contributed by atoms with E-state index in [1.807, 2.05) is 0 Å². The molecule has 2 heterocycles. The number of rotatable bonds is 5. The topological polar surface area (TPSA) is 105 Å². The van der Waals surface area contributed by atoms with Crippen LogP contribution < -0.4 is 0 Å². The van der Waals surface area contributed by atoms with Crippen molar-refractivity contribution in [3.05, 3.63) is 11.4 Å². The lowest BCUT2D eigenvalue weighted by Gasteiger charge is -2.14. The first kappa shape index (κ1) is 12.8. The Bertz CT molecular complexity index is 574. The van der Waals surface area contributed by atoms with E-state index in [0.29, 0.717) is 12.2 Å². The average molecular weight is 278 g/mol. The summed E-state index contributed by atoms with van der Waals surface area (Å²) in [6, 6.07) is 0. The van der Waals surface area contributed by atoms with E-state index in [9.17, 15) is 14.4 Å². The van der Waals surface area contributed by atoms with E-state index in [1.165, 1.54) is 9.58 Å². The van der Waals surface area contributed by atoms with Gasteiger partial charge in [-0.2, -0.15) is 0 Å². The Hall–Kier alpha value is -2.25. The van der Waals surface area contributed by atoms with Gasteiger partial charge in [0.1, 0.15) is 0 Å². The third-order valence-corrected chi connectivity index (χ3v) is 3.63. The highest BCUT2D eigenvalue weighted by molar-refractivity contribution is 6.01. The Balaban J connectivity index is 1.76. The summed E-state index contributed by atoms with van der Waals surface area (Å²) in [6.07, 6.45) is 2.36. The summed E-state index contributed by atoms with van der Waals surface area (Å²) in [5, 5.41) is 16.6. The molecule has 0 bridgehead atoms. The van der Waals surface area contributed by atoms with Crippen LogP contribution in [0.4, 0.5) is 0 Å². The highest BCUT2D eigenvalue weighted by Gasteiger charge is 2.34. The Morgan fingerprint density at radius 1 is 1.20 bits per heavy atom. The molecular weight excluding hydrogens is 264 g/mol. The van der Waals surface area contributed by atoms with Crippen LogP contribution in [0.1, 0.15) is 47.8 Å². The maximum atomic E-state index is 11.5. The molecule has 2 aliphatic rings. The Labute approximate surface area is 114 Å². The number of aromatic nitrogens is 3. The van der Waals surface area contributed by atoms with Gasteiger partial charge in [-0.05, 0) is 12.8 Å². The van der Waals surface area contributed by atoms with Crippen LogP contribution in [0.25, 0.3) is 0 Å². The first-order valence-electron chi connectivity index (χ1n) is 6.58. The maximum Gasteiger partial charge on any atom is 0.358 e. The zero-order valence-corrected chi connectivity index (χ0v) is 10.8. The molecule has 1 aromatic rings. The molecule has 0 unspecified atom stereocenters. The lowest BCUT2D eigenvalue weighted by molar-refractivity contribution is -0.138. The Morgan fingerprint density at radius 2 is 1.85 bits per heavy atom. The SMILES string of the molecule is O=C(O)c1nnn(CCN2C(=O)CCC2=O)c1C1CC1. The summed E-state index contributed by atoms with van der Waals surface area (Å²) in [6.45, 7) is 0.517. The number of carboxylic acid groups (broad SMARTS) is 1. The minimum atomic E-state index is -1.09. The normalized spacial score (nSPS) is 18.9. The second-order valence-corrected chi connectivity index (χ2v) is 5.06. The number of amides is 2. The first-order valence-corrected chi connectivity index (χ1v) is 6.58. The van der Waals surface area contributed by atoms with Crippen molar-refractivity contribution in [3.8, 4) is 0 Å². The molecule has 1 aliphatic heterocycles. The van der Waals surface area contributed by atoms with Crippen molar-refractivity contribution < 1.29 is 19.5 Å². The van der Waals surface area contributed by atoms with Gasteiger partial charge < -0.3 is 5.11 Å². The average Bonchev–Trinajstić information content (AvgIpc) is 3.08. The van der Waals surface area contributed by atoms with Crippen molar-refractivity contribution in [1.82, 2.24) is 19.9 Å². The predicted octanol–water partition coefficient (Wildman–Crippen LogP) is 0.00270. The summed E-state index contributed by atoms with van der Waals surface area (Å²) in [4.78, 5) is 35.3. The molecule has 2 amide bonds. The van der Waals surface area contributed by atoms with E-state index in [-0.39, 0.29) is 42.8 Å².